The van der Waals surface area contributed by atoms with Crippen molar-refractivity contribution in [1.29, 1.82) is 0 Å². The van der Waals surface area contributed by atoms with Gasteiger partial charge in [-0.2, -0.15) is 13.2 Å². The van der Waals surface area contributed by atoms with E-state index in [1.54, 1.807) is 12.1 Å². The van der Waals surface area contributed by atoms with E-state index in [9.17, 15) is 23.4 Å². The van der Waals surface area contributed by atoms with E-state index in [4.69, 9.17) is 0 Å². The van der Waals surface area contributed by atoms with Gasteiger partial charge in [0.25, 0.3) is 0 Å². The summed E-state index contributed by atoms with van der Waals surface area (Å²) >= 11 is 0. The first-order chi connectivity index (χ1) is 10.4. The van der Waals surface area contributed by atoms with Crippen LogP contribution in [0.5, 0.6) is 0 Å². The molecule has 3 nitrogen and oxygen atoms in total. The highest BCUT2D eigenvalue weighted by atomic mass is 19.4. The molecule has 1 saturated carbocycles. The Morgan fingerprint density at radius 3 is 1.95 bits per heavy atom. The van der Waals surface area contributed by atoms with E-state index in [0.717, 1.165) is 18.7 Å². The molecule has 2 aliphatic rings. The minimum Gasteiger partial charge on any atom is -0.396 e. The molecule has 6 heteroatoms. The van der Waals surface area contributed by atoms with Crippen LogP contribution in [0.3, 0.4) is 0 Å². The van der Waals surface area contributed by atoms with E-state index in [0.29, 0.717) is 18.4 Å². The quantitative estimate of drug-likeness (QED) is 0.871. The predicted octanol–water partition coefficient (Wildman–Crippen LogP) is 1.82. The molecular weight excluding hydrogens is 295 g/mol. The Labute approximate surface area is 127 Å². The molecule has 22 heavy (non-hydrogen) atoms. The Morgan fingerprint density at radius 2 is 1.50 bits per heavy atom. The predicted molar refractivity (Wildman–Crippen MR) is 75.1 cm³/mol. The van der Waals surface area contributed by atoms with Gasteiger partial charge in [-0.05, 0) is 23.0 Å². The van der Waals surface area contributed by atoms with Crippen LogP contribution in [-0.4, -0.2) is 47.6 Å². The second-order valence-corrected chi connectivity index (χ2v) is 6.56. The van der Waals surface area contributed by atoms with E-state index in [-0.39, 0.29) is 24.2 Å². The lowest BCUT2D eigenvalue weighted by molar-refractivity contribution is -0.127. The van der Waals surface area contributed by atoms with Crippen LogP contribution in [0, 0.1) is 17.3 Å². The van der Waals surface area contributed by atoms with Gasteiger partial charge in [0.15, 0.2) is 0 Å². The number of nitrogens with zero attached hydrogens (tertiary/aromatic N) is 1. The fourth-order valence-electron chi connectivity index (χ4n) is 3.82. The van der Waals surface area contributed by atoms with Crippen LogP contribution in [0.25, 0.3) is 0 Å². The number of alkyl halides is 3. The molecule has 0 amide bonds. The van der Waals surface area contributed by atoms with Crippen molar-refractivity contribution in [3.05, 3.63) is 35.4 Å². The SMILES string of the molecule is OCC1(CO)C2CN(Cc3ccc(CC(F)(F)F)cc3)CC21. The molecule has 1 heterocycles. The Morgan fingerprint density at radius 1 is 1.00 bits per heavy atom. The number of hydrogen-bond acceptors (Lipinski definition) is 3. The fourth-order valence-corrected chi connectivity index (χ4v) is 3.82. The largest absolute Gasteiger partial charge is 0.396 e. The Hall–Kier alpha value is -1.11. The maximum atomic E-state index is 12.3. The molecule has 1 saturated heterocycles. The highest BCUT2D eigenvalue weighted by Crippen LogP contribution is 2.62. The smallest absolute Gasteiger partial charge is 0.393 e. The summed E-state index contributed by atoms with van der Waals surface area (Å²) in [6.07, 6.45) is -5.06. The third-order valence-electron chi connectivity index (χ3n) is 5.19. The highest BCUT2D eigenvalue weighted by molar-refractivity contribution is 5.24. The van der Waals surface area contributed by atoms with Crippen LogP contribution in [0.1, 0.15) is 11.1 Å². The van der Waals surface area contributed by atoms with Crippen molar-refractivity contribution in [3.8, 4) is 0 Å². The number of halogens is 3. The number of fused-ring (bicyclic) bond motifs is 1. The van der Waals surface area contributed by atoms with Crippen molar-refractivity contribution in [2.75, 3.05) is 26.3 Å². The molecule has 122 valence electrons. The number of aliphatic hydroxyl groups is 2. The lowest BCUT2D eigenvalue weighted by Crippen LogP contribution is -2.31. The number of aliphatic hydroxyl groups excluding tert-OH is 2. The molecule has 2 fully saturated rings. The lowest BCUT2D eigenvalue weighted by atomic mass is 10.0. The summed E-state index contributed by atoms with van der Waals surface area (Å²) in [6.45, 7) is 2.41. The van der Waals surface area contributed by atoms with Crippen LogP contribution < -0.4 is 0 Å². The molecule has 0 spiro atoms. The summed E-state index contributed by atoms with van der Waals surface area (Å²) in [5.74, 6) is 0.680. The summed E-state index contributed by atoms with van der Waals surface area (Å²) in [7, 11) is 0. The van der Waals surface area contributed by atoms with Gasteiger partial charge in [-0.1, -0.05) is 24.3 Å². The summed E-state index contributed by atoms with van der Waals surface area (Å²) in [4.78, 5) is 2.23. The van der Waals surface area contributed by atoms with Gasteiger partial charge in [-0.15, -0.1) is 0 Å². The average molecular weight is 315 g/mol. The van der Waals surface area contributed by atoms with E-state index in [1.165, 1.54) is 12.1 Å². The van der Waals surface area contributed by atoms with Crippen LogP contribution in [0.2, 0.25) is 0 Å². The second-order valence-electron chi connectivity index (χ2n) is 6.56. The molecule has 2 N–H and O–H groups in total. The maximum Gasteiger partial charge on any atom is 0.393 e. The fraction of sp³-hybridized carbons (Fsp3) is 0.625. The van der Waals surface area contributed by atoms with Crippen LogP contribution in [0.4, 0.5) is 13.2 Å². The zero-order valence-corrected chi connectivity index (χ0v) is 12.2. The first-order valence-electron chi connectivity index (χ1n) is 7.46. The first-order valence-corrected chi connectivity index (χ1v) is 7.46. The zero-order chi connectivity index (χ0) is 16.0. The number of benzene rings is 1. The summed E-state index contributed by atoms with van der Waals surface area (Å²) in [6, 6.07) is 6.56. The van der Waals surface area contributed by atoms with E-state index in [2.05, 4.69) is 4.90 Å². The van der Waals surface area contributed by atoms with Crippen LogP contribution in [0.15, 0.2) is 24.3 Å². The molecule has 1 aromatic carbocycles. The Balaban J connectivity index is 1.54. The van der Waals surface area contributed by atoms with Gasteiger partial charge in [0.05, 0.1) is 19.6 Å². The Kier molecular flexibility index (Phi) is 3.95. The summed E-state index contributed by atoms with van der Waals surface area (Å²) < 4.78 is 36.9. The van der Waals surface area contributed by atoms with Gasteiger partial charge in [-0.3, -0.25) is 4.90 Å². The van der Waals surface area contributed by atoms with Crippen molar-refractivity contribution < 1.29 is 23.4 Å². The van der Waals surface area contributed by atoms with Crippen molar-refractivity contribution in [2.45, 2.75) is 19.1 Å². The molecule has 1 aliphatic heterocycles. The van der Waals surface area contributed by atoms with Crippen molar-refractivity contribution in [3.63, 3.8) is 0 Å². The third-order valence-corrected chi connectivity index (χ3v) is 5.19. The van der Waals surface area contributed by atoms with Gasteiger partial charge in [0, 0.05) is 25.0 Å². The van der Waals surface area contributed by atoms with Crippen LogP contribution >= 0.6 is 0 Å². The molecule has 2 unspecified atom stereocenters. The van der Waals surface area contributed by atoms with E-state index >= 15 is 0 Å². The van der Waals surface area contributed by atoms with Gasteiger partial charge in [0.2, 0.25) is 0 Å². The standard InChI is InChI=1S/C16H20F3NO2/c17-16(18,19)5-11-1-3-12(4-2-11)6-20-7-13-14(8-20)15(13,9-21)10-22/h1-4,13-14,21-22H,5-10H2. The molecule has 0 aromatic heterocycles. The summed E-state index contributed by atoms with van der Waals surface area (Å²) in [5.41, 5.74) is 0.971. The van der Waals surface area contributed by atoms with Crippen molar-refractivity contribution >= 4 is 0 Å². The van der Waals surface area contributed by atoms with Gasteiger partial charge >= 0.3 is 6.18 Å². The number of likely N-dealkylation sites (tertiary alicyclic amines) is 1. The van der Waals surface area contributed by atoms with E-state index < -0.39 is 12.6 Å². The van der Waals surface area contributed by atoms with Crippen molar-refractivity contribution in [1.82, 2.24) is 4.90 Å². The molecular formula is C16H20F3NO2. The average Bonchev–Trinajstić information content (AvgIpc) is 2.83. The van der Waals surface area contributed by atoms with Crippen molar-refractivity contribution in [2.24, 2.45) is 17.3 Å². The van der Waals surface area contributed by atoms with Crippen LogP contribution in [-0.2, 0) is 13.0 Å². The number of hydrogen-bond donors (Lipinski definition) is 2. The van der Waals surface area contributed by atoms with E-state index in [1.807, 2.05) is 0 Å². The molecule has 1 aliphatic carbocycles. The van der Waals surface area contributed by atoms with Gasteiger partial charge in [0.1, 0.15) is 0 Å². The molecule has 3 rings (SSSR count). The maximum absolute atomic E-state index is 12.3. The monoisotopic (exact) mass is 315 g/mol. The summed E-state index contributed by atoms with van der Waals surface area (Å²) in [5, 5.41) is 18.8. The minimum atomic E-state index is -4.17. The normalized spacial score (nSPS) is 27.0. The first kappa shape index (κ1) is 15.8. The molecule has 0 bridgehead atoms. The Bertz CT molecular complexity index is 511. The zero-order valence-electron chi connectivity index (χ0n) is 12.2. The lowest BCUT2D eigenvalue weighted by Gasteiger charge is -2.24. The molecule has 0 radical (unpaired) electrons. The number of rotatable bonds is 5. The third kappa shape index (κ3) is 2.87. The number of piperidine rings is 1. The van der Waals surface area contributed by atoms with Gasteiger partial charge < -0.3 is 10.2 Å². The minimum absolute atomic E-state index is 0.0266. The topological polar surface area (TPSA) is 43.7 Å². The molecule has 2 atom stereocenters. The molecule has 1 aromatic rings. The second kappa shape index (κ2) is 5.51. The highest BCUT2D eigenvalue weighted by Gasteiger charge is 2.67. The van der Waals surface area contributed by atoms with Gasteiger partial charge in [-0.25, -0.2) is 0 Å².